The molecule has 0 aliphatic rings. The number of nitrogens with one attached hydrogen (secondary N) is 1. The third kappa shape index (κ3) is 6.60. The van der Waals surface area contributed by atoms with Crippen molar-refractivity contribution < 1.29 is 15.8 Å². The Labute approximate surface area is 116 Å². The molecule has 0 fully saturated rings. The van der Waals surface area contributed by atoms with E-state index in [0.717, 1.165) is 0 Å². The topological polar surface area (TPSA) is 55.4 Å². The molecule has 1 amide bonds. The van der Waals surface area contributed by atoms with Gasteiger partial charge in [0.15, 0.2) is 5.78 Å². The summed E-state index contributed by atoms with van der Waals surface area (Å²) in [7, 11) is 0. The van der Waals surface area contributed by atoms with Crippen LogP contribution < -0.4 is 10.1 Å². The Bertz CT molecular complexity index is 393. The van der Waals surface area contributed by atoms with Gasteiger partial charge in [-0.15, -0.1) is 0 Å². The van der Waals surface area contributed by atoms with E-state index < -0.39 is 12.1 Å². The second kappa shape index (κ2) is 9.14. The molecule has 4 nitrogen and oxygen atoms in total. The summed E-state index contributed by atoms with van der Waals surface area (Å²) < 4.78 is 5.04. The minimum absolute atomic E-state index is 0. The van der Waals surface area contributed by atoms with E-state index in [1.54, 1.807) is 24.3 Å². The van der Waals surface area contributed by atoms with Crippen molar-refractivity contribution in [1.29, 1.82) is 0 Å². The average Bonchev–Trinajstić information content (AvgIpc) is 2.39. The Morgan fingerprint density at radius 2 is 1.68 bits per heavy atom. The number of rotatable bonds is 4. The number of para-hydroxylation sites is 1. The second-order valence-electron chi connectivity index (χ2n) is 4.18. The van der Waals surface area contributed by atoms with Crippen LogP contribution in [0.2, 0.25) is 0 Å². The molecule has 1 aromatic rings. The summed E-state index contributed by atoms with van der Waals surface area (Å²) in [5.74, 6) is 0.414. The van der Waals surface area contributed by atoms with Crippen LogP contribution in [0.3, 0.4) is 0 Å². The lowest BCUT2D eigenvalue weighted by molar-refractivity contribution is -0.119. The Morgan fingerprint density at radius 3 is 2.11 bits per heavy atom. The van der Waals surface area contributed by atoms with Gasteiger partial charge in [0.25, 0.3) is 0 Å². The van der Waals surface area contributed by atoms with Crippen LogP contribution in [0.25, 0.3) is 0 Å². The number of benzene rings is 1. The van der Waals surface area contributed by atoms with E-state index >= 15 is 0 Å². The molecule has 1 N–H and O–H groups in total. The van der Waals surface area contributed by atoms with Crippen molar-refractivity contribution in [3.63, 3.8) is 0 Å². The van der Waals surface area contributed by atoms with E-state index in [1.807, 2.05) is 33.8 Å². The lowest BCUT2D eigenvalue weighted by Gasteiger charge is -2.18. The molecule has 19 heavy (non-hydrogen) atoms. The molecule has 0 aliphatic carbocycles. The van der Waals surface area contributed by atoms with Crippen molar-refractivity contribution in [3.05, 3.63) is 30.3 Å². The van der Waals surface area contributed by atoms with Gasteiger partial charge in [-0.05, 0) is 25.0 Å². The number of ether oxygens (including phenoxy) is 1. The number of carbonyl (C=O) groups is 2. The van der Waals surface area contributed by atoms with Crippen LogP contribution in [-0.4, -0.2) is 17.9 Å². The average molecular weight is 267 g/mol. The molecular formula is C15H25NO3. The third-order valence-corrected chi connectivity index (χ3v) is 2.33. The van der Waals surface area contributed by atoms with Crippen LogP contribution in [0.1, 0.15) is 36.0 Å². The molecule has 0 radical (unpaired) electrons. The maximum Gasteiger partial charge on any atom is 0.413 e. The lowest BCUT2D eigenvalue weighted by atomic mass is 10.0. The summed E-state index contributed by atoms with van der Waals surface area (Å²) in [5.41, 5.74) is 0. The van der Waals surface area contributed by atoms with Gasteiger partial charge in [0.1, 0.15) is 5.75 Å². The van der Waals surface area contributed by atoms with Gasteiger partial charge >= 0.3 is 6.09 Å². The van der Waals surface area contributed by atoms with Gasteiger partial charge in [0.05, 0.1) is 6.04 Å². The highest BCUT2D eigenvalue weighted by molar-refractivity contribution is 5.86. The first-order valence-electron chi connectivity index (χ1n) is 6.54. The van der Waals surface area contributed by atoms with Crippen molar-refractivity contribution in [2.75, 3.05) is 0 Å². The van der Waals surface area contributed by atoms with Crippen molar-refractivity contribution in [2.45, 2.75) is 40.7 Å². The molecule has 1 rings (SSSR count). The van der Waals surface area contributed by atoms with E-state index in [-0.39, 0.29) is 13.1 Å². The van der Waals surface area contributed by atoms with Crippen LogP contribution in [0.4, 0.5) is 4.79 Å². The van der Waals surface area contributed by atoms with Crippen molar-refractivity contribution in [3.8, 4) is 5.75 Å². The second-order valence-corrected chi connectivity index (χ2v) is 4.18. The fraction of sp³-hybridized carbons (Fsp3) is 0.467. The van der Waals surface area contributed by atoms with E-state index in [0.29, 0.717) is 5.75 Å². The van der Waals surface area contributed by atoms with Gasteiger partial charge in [-0.1, -0.05) is 45.9 Å². The molecule has 4 heteroatoms. The van der Waals surface area contributed by atoms with E-state index in [2.05, 4.69) is 5.32 Å². The molecule has 0 saturated carbocycles. The van der Waals surface area contributed by atoms with Crippen LogP contribution in [-0.2, 0) is 4.79 Å². The molecule has 0 saturated heterocycles. The molecule has 108 valence electrons. The number of hydrogen-bond donors (Lipinski definition) is 1. The Balaban J connectivity index is 0. The number of hydrogen-bond acceptors (Lipinski definition) is 3. The summed E-state index contributed by atoms with van der Waals surface area (Å²) in [5, 5.41) is 2.55. The molecule has 1 aromatic carbocycles. The first-order valence-corrected chi connectivity index (χ1v) is 6.54. The standard InChI is InChI=1S/C13H17NO3.C2H6.H2/c1-9(2)12(10(3)15)14-13(16)17-11-7-5-4-6-8-11;1-2;/h4-9,12H,1-3H3,(H,14,16);1-2H3;1H/t12-;;/m0../s1. The van der Waals surface area contributed by atoms with Crippen molar-refractivity contribution in [1.82, 2.24) is 5.32 Å². The molecule has 0 spiro atoms. The zero-order valence-electron chi connectivity index (χ0n) is 12.3. The number of ketones is 1. The SMILES string of the molecule is CC.CC(=O)[C@@H](NC(=O)Oc1ccccc1)C(C)C.[HH]. The van der Waals surface area contributed by atoms with Gasteiger partial charge in [0.2, 0.25) is 0 Å². The van der Waals surface area contributed by atoms with Crippen LogP contribution in [0, 0.1) is 5.92 Å². The van der Waals surface area contributed by atoms with Gasteiger partial charge in [-0.3, -0.25) is 4.79 Å². The van der Waals surface area contributed by atoms with Gasteiger partial charge in [-0.25, -0.2) is 4.79 Å². The first-order chi connectivity index (χ1) is 9.00. The highest BCUT2D eigenvalue weighted by atomic mass is 16.6. The molecule has 0 aliphatic heterocycles. The smallest absolute Gasteiger partial charge is 0.410 e. The molecule has 0 aromatic heterocycles. The lowest BCUT2D eigenvalue weighted by Crippen LogP contribution is -2.44. The van der Waals surface area contributed by atoms with Crippen LogP contribution in [0.5, 0.6) is 5.75 Å². The van der Waals surface area contributed by atoms with E-state index in [4.69, 9.17) is 4.74 Å². The van der Waals surface area contributed by atoms with E-state index in [1.165, 1.54) is 6.92 Å². The maximum atomic E-state index is 11.5. The summed E-state index contributed by atoms with van der Waals surface area (Å²) in [6.07, 6.45) is -0.606. The summed E-state index contributed by atoms with van der Waals surface area (Å²) in [6, 6.07) is 8.22. The highest BCUT2D eigenvalue weighted by Gasteiger charge is 2.21. The van der Waals surface area contributed by atoms with Gasteiger partial charge < -0.3 is 10.1 Å². The Kier molecular flexibility index (Phi) is 8.25. The fourth-order valence-corrected chi connectivity index (χ4v) is 1.49. The van der Waals surface area contributed by atoms with Gasteiger partial charge in [-0.2, -0.15) is 0 Å². The van der Waals surface area contributed by atoms with Crippen molar-refractivity contribution in [2.24, 2.45) is 5.92 Å². The molecule has 1 atom stereocenters. The molecule has 0 heterocycles. The summed E-state index contributed by atoms with van der Waals surface area (Å²) in [6.45, 7) is 9.19. The summed E-state index contributed by atoms with van der Waals surface area (Å²) >= 11 is 0. The van der Waals surface area contributed by atoms with Crippen LogP contribution >= 0.6 is 0 Å². The molecule has 0 unspecified atom stereocenters. The fourth-order valence-electron chi connectivity index (χ4n) is 1.49. The predicted molar refractivity (Wildman–Crippen MR) is 78.4 cm³/mol. The number of carbonyl (C=O) groups excluding carboxylic acids is 2. The Morgan fingerprint density at radius 1 is 1.16 bits per heavy atom. The number of Topliss-reactive ketones (excluding diaryl/α,β-unsaturated/α-hetero) is 1. The monoisotopic (exact) mass is 267 g/mol. The minimum atomic E-state index is -0.606. The van der Waals surface area contributed by atoms with Gasteiger partial charge in [0, 0.05) is 1.43 Å². The molecular weight excluding hydrogens is 242 g/mol. The largest absolute Gasteiger partial charge is 0.413 e. The maximum absolute atomic E-state index is 11.5. The quantitative estimate of drug-likeness (QED) is 0.905. The zero-order chi connectivity index (χ0) is 14.8. The highest BCUT2D eigenvalue weighted by Crippen LogP contribution is 2.09. The summed E-state index contributed by atoms with van der Waals surface area (Å²) in [4.78, 5) is 22.8. The Hall–Kier alpha value is -1.84. The zero-order valence-corrected chi connectivity index (χ0v) is 12.3. The molecule has 0 bridgehead atoms. The van der Waals surface area contributed by atoms with Crippen molar-refractivity contribution >= 4 is 11.9 Å². The first kappa shape index (κ1) is 17.2. The van der Waals surface area contributed by atoms with E-state index in [9.17, 15) is 9.59 Å². The normalized spacial score (nSPS) is 11.1. The minimum Gasteiger partial charge on any atom is -0.410 e. The third-order valence-electron chi connectivity index (χ3n) is 2.33. The number of amides is 1. The predicted octanol–water partition coefficient (Wildman–Crippen LogP) is 3.66. The van der Waals surface area contributed by atoms with Crippen LogP contribution in [0.15, 0.2) is 30.3 Å².